The largest absolute Gasteiger partial charge is 0.450 e. The molecule has 2 aliphatic rings. The fraction of sp³-hybridized carbons (Fsp3) is 0.722. The lowest BCUT2D eigenvalue weighted by Crippen LogP contribution is -2.40. The molecule has 1 atom stereocenters. The molecule has 0 bridgehead atoms. The van der Waals surface area contributed by atoms with E-state index in [4.69, 9.17) is 4.74 Å². The Morgan fingerprint density at radius 1 is 1.31 bits per heavy atom. The zero-order valence-electron chi connectivity index (χ0n) is 15.9. The van der Waals surface area contributed by atoms with Gasteiger partial charge in [-0.05, 0) is 19.4 Å². The lowest BCUT2D eigenvalue weighted by molar-refractivity contribution is -0.136. The maximum atomic E-state index is 12.2. The van der Waals surface area contributed by atoms with Crippen molar-refractivity contribution in [2.45, 2.75) is 52.9 Å². The van der Waals surface area contributed by atoms with Gasteiger partial charge in [-0.3, -0.25) is 9.48 Å². The van der Waals surface area contributed by atoms with Gasteiger partial charge in [0.05, 0.1) is 31.1 Å². The SMILES string of the molecule is CCOC(=O)N1CC[C@H](NCc2cc3n(n2)CCN(C(=O)C(C)C)C3)C1. The van der Waals surface area contributed by atoms with Crippen molar-refractivity contribution < 1.29 is 14.3 Å². The van der Waals surface area contributed by atoms with E-state index in [2.05, 4.69) is 16.5 Å². The van der Waals surface area contributed by atoms with Crippen molar-refractivity contribution in [3.63, 3.8) is 0 Å². The monoisotopic (exact) mass is 363 g/mol. The lowest BCUT2D eigenvalue weighted by atomic mass is 10.1. The van der Waals surface area contributed by atoms with Crippen molar-refractivity contribution in [2.24, 2.45) is 5.92 Å². The number of carbonyl (C=O) groups is 2. The highest BCUT2D eigenvalue weighted by molar-refractivity contribution is 5.78. The molecular formula is C18H29N5O3. The smallest absolute Gasteiger partial charge is 0.409 e. The first-order chi connectivity index (χ1) is 12.5. The quantitative estimate of drug-likeness (QED) is 0.850. The number of likely N-dealkylation sites (tertiary alicyclic amines) is 1. The van der Waals surface area contributed by atoms with E-state index in [-0.39, 0.29) is 24.0 Å². The third-order valence-corrected chi connectivity index (χ3v) is 4.94. The van der Waals surface area contributed by atoms with Crippen LogP contribution in [0.2, 0.25) is 0 Å². The number of nitrogens with one attached hydrogen (secondary N) is 1. The Morgan fingerprint density at radius 2 is 2.12 bits per heavy atom. The van der Waals surface area contributed by atoms with Gasteiger partial charge in [0, 0.05) is 38.1 Å². The van der Waals surface area contributed by atoms with Gasteiger partial charge < -0.3 is 19.9 Å². The first-order valence-corrected chi connectivity index (χ1v) is 9.47. The van der Waals surface area contributed by atoms with Gasteiger partial charge in [0.25, 0.3) is 0 Å². The minimum atomic E-state index is -0.232. The average Bonchev–Trinajstić information content (AvgIpc) is 3.25. The van der Waals surface area contributed by atoms with E-state index >= 15 is 0 Å². The zero-order valence-corrected chi connectivity index (χ0v) is 15.9. The van der Waals surface area contributed by atoms with Crippen LogP contribution in [0, 0.1) is 5.92 Å². The molecule has 3 heterocycles. The molecule has 0 aromatic carbocycles. The van der Waals surface area contributed by atoms with E-state index in [9.17, 15) is 9.59 Å². The number of ether oxygens (including phenoxy) is 1. The van der Waals surface area contributed by atoms with Crippen LogP contribution in [0.1, 0.15) is 38.6 Å². The predicted molar refractivity (Wildman–Crippen MR) is 96.3 cm³/mol. The van der Waals surface area contributed by atoms with E-state index in [1.54, 1.807) is 4.90 Å². The van der Waals surface area contributed by atoms with Crippen LogP contribution < -0.4 is 5.32 Å². The van der Waals surface area contributed by atoms with Crippen LogP contribution in [0.5, 0.6) is 0 Å². The molecule has 2 amide bonds. The molecular weight excluding hydrogens is 334 g/mol. The number of carbonyl (C=O) groups excluding carboxylic acids is 2. The molecule has 3 rings (SSSR count). The Balaban J connectivity index is 1.51. The molecule has 1 aromatic rings. The van der Waals surface area contributed by atoms with E-state index in [0.29, 0.717) is 26.2 Å². The fourth-order valence-electron chi connectivity index (χ4n) is 3.52. The molecule has 0 unspecified atom stereocenters. The standard InChI is InChI=1S/C18H29N5O3/c1-4-26-18(25)22-6-5-14(11-22)19-10-15-9-16-12-21(17(24)13(2)3)7-8-23(16)20-15/h9,13-14,19H,4-8,10-12H2,1-3H3/t14-/m0/s1. The number of fused-ring (bicyclic) bond motifs is 1. The molecule has 26 heavy (non-hydrogen) atoms. The number of rotatable bonds is 5. The summed E-state index contributed by atoms with van der Waals surface area (Å²) in [5.41, 5.74) is 2.06. The third-order valence-electron chi connectivity index (χ3n) is 4.94. The molecule has 8 heteroatoms. The zero-order chi connectivity index (χ0) is 18.7. The highest BCUT2D eigenvalue weighted by Crippen LogP contribution is 2.17. The van der Waals surface area contributed by atoms with Crippen LogP contribution in [-0.2, 0) is 29.2 Å². The fourth-order valence-corrected chi connectivity index (χ4v) is 3.52. The Bertz CT molecular complexity index is 657. The molecule has 1 fully saturated rings. The summed E-state index contributed by atoms with van der Waals surface area (Å²) in [7, 11) is 0. The first-order valence-electron chi connectivity index (χ1n) is 9.47. The van der Waals surface area contributed by atoms with Crippen LogP contribution in [0.15, 0.2) is 6.07 Å². The Morgan fingerprint density at radius 3 is 2.85 bits per heavy atom. The Hall–Kier alpha value is -2.09. The maximum absolute atomic E-state index is 12.2. The molecule has 2 aliphatic heterocycles. The molecule has 0 saturated carbocycles. The molecule has 1 N–H and O–H groups in total. The number of aromatic nitrogens is 2. The summed E-state index contributed by atoms with van der Waals surface area (Å²) in [4.78, 5) is 27.6. The van der Waals surface area contributed by atoms with Gasteiger partial charge in [0.15, 0.2) is 0 Å². The van der Waals surface area contributed by atoms with Crippen LogP contribution in [0.3, 0.4) is 0 Å². The average molecular weight is 363 g/mol. The van der Waals surface area contributed by atoms with Crippen molar-refractivity contribution in [3.05, 3.63) is 17.5 Å². The van der Waals surface area contributed by atoms with Crippen molar-refractivity contribution >= 4 is 12.0 Å². The van der Waals surface area contributed by atoms with E-state index in [0.717, 1.165) is 37.4 Å². The number of nitrogens with zero attached hydrogens (tertiary/aromatic N) is 4. The van der Waals surface area contributed by atoms with Crippen LogP contribution >= 0.6 is 0 Å². The summed E-state index contributed by atoms with van der Waals surface area (Å²) in [5.74, 6) is 0.220. The van der Waals surface area contributed by atoms with E-state index in [1.165, 1.54) is 0 Å². The number of hydrogen-bond donors (Lipinski definition) is 1. The summed E-state index contributed by atoms with van der Waals surface area (Å²) >= 11 is 0. The van der Waals surface area contributed by atoms with Crippen molar-refractivity contribution in [2.75, 3.05) is 26.2 Å². The topological polar surface area (TPSA) is 79.7 Å². The van der Waals surface area contributed by atoms with Gasteiger partial charge in [-0.2, -0.15) is 5.10 Å². The van der Waals surface area contributed by atoms with Crippen LogP contribution in [0.4, 0.5) is 4.79 Å². The maximum Gasteiger partial charge on any atom is 0.409 e. The highest BCUT2D eigenvalue weighted by Gasteiger charge is 2.27. The van der Waals surface area contributed by atoms with Crippen molar-refractivity contribution in [1.82, 2.24) is 24.9 Å². The highest BCUT2D eigenvalue weighted by atomic mass is 16.6. The molecule has 8 nitrogen and oxygen atoms in total. The van der Waals surface area contributed by atoms with Gasteiger partial charge in [-0.25, -0.2) is 4.79 Å². The van der Waals surface area contributed by atoms with Gasteiger partial charge in [0.1, 0.15) is 0 Å². The summed E-state index contributed by atoms with van der Waals surface area (Å²) in [5, 5.41) is 8.13. The third kappa shape index (κ3) is 4.17. The minimum Gasteiger partial charge on any atom is -0.450 e. The second kappa shape index (κ2) is 8.07. The molecule has 0 spiro atoms. The van der Waals surface area contributed by atoms with E-state index < -0.39 is 0 Å². The summed E-state index contributed by atoms with van der Waals surface area (Å²) < 4.78 is 7.05. The molecule has 1 aromatic heterocycles. The molecule has 0 radical (unpaired) electrons. The predicted octanol–water partition coefficient (Wildman–Crippen LogP) is 1.20. The molecule has 0 aliphatic carbocycles. The Kier molecular flexibility index (Phi) is 5.80. The number of hydrogen-bond acceptors (Lipinski definition) is 5. The van der Waals surface area contributed by atoms with Gasteiger partial charge in [0.2, 0.25) is 5.91 Å². The summed E-state index contributed by atoms with van der Waals surface area (Å²) in [6.45, 7) is 10.2. The van der Waals surface area contributed by atoms with E-state index in [1.807, 2.05) is 30.4 Å². The van der Waals surface area contributed by atoms with Crippen LogP contribution in [-0.4, -0.2) is 63.9 Å². The van der Waals surface area contributed by atoms with Gasteiger partial charge in [-0.15, -0.1) is 0 Å². The second-order valence-electron chi connectivity index (χ2n) is 7.28. The summed E-state index contributed by atoms with van der Waals surface area (Å²) in [6.07, 6.45) is 0.687. The van der Waals surface area contributed by atoms with Crippen LogP contribution in [0.25, 0.3) is 0 Å². The first kappa shape index (κ1) is 18.7. The molecule has 144 valence electrons. The van der Waals surface area contributed by atoms with Crippen molar-refractivity contribution in [1.29, 1.82) is 0 Å². The number of amides is 2. The van der Waals surface area contributed by atoms with Crippen molar-refractivity contribution in [3.8, 4) is 0 Å². The lowest BCUT2D eigenvalue weighted by Gasteiger charge is -2.29. The molecule has 1 saturated heterocycles. The summed E-state index contributed by atoms with van der Waals surface area (Å²) in [6, 6.07) is 2.34. The minimum absolute atomic E-state index is 0.0234. The normalized spacial score (nSPS) is 19.8. The van der Waals surface area contributed by atoms with Gasteiger partial charge in [-0.1, -0.05) is 13.8 Å². The Labute approximate surface area is 154 Å². The second-order valence-corrected chi connectivity index (χ2v) is 7.28. The van der Waals surface area contributed by atoms with Gasteiger partial charge >= 0.3 is 6.09 Å².